The van der Waals surface area contributed by atoms with Gasteiger partial charge in [0.1, 0.15) is 13.2 Å². The molecule has 0 radical (unpaired) electrons. The van der Waals surface area contributed by atoms with Crippen LogP contribution in [0.5, 0.6) is 0 Å². The maximum Gasteiger partial charge on any atom is 0.306 e. The third-order valence-electron chi connectivity index (χ3n) is 12.5. The van der Waals surface area contributed by atoms with Crippen molar-refractivity contribution >= 4 is 17.9 Å². The van der Waals surface area contributed by atoms with Crippen LogP contribution in [0.25, 0.3) is 0 Å². The largest absolute Gasteiger partial charge is 0.462 e. The van der Waals surface area contributed by atoms with Gasteiger partial charge in [0.25, 0.3) is 0 Å². The summed E-state index contributed by atoms with van der Waals surface area (Å²) in [7, 11) is 0. The van der Waals surface area contributed by atoms with Gasteiger partial charge in [0.15, 0.2) is 6.10 Å². The van der Waals surface area contributed by atoms with Gasteiger partial charge in [0.2, 0.25) is 0 Å². The smallest absolute Gasteiger partial charge is 0.306 e. The van der Waals surface area contributed by atoms with E-state index in [1.807, 2.05) is 0 Å². The summed E-state index contributed by atoms with van der Waals surface area (Å²) in [6.07, 6.45) is 52.4. The lowest BCUT2D eigenvalue weighted by molar-refractivity contribution is -0.167. The van der Waals surface area contributed by atoms with E-state index in [9.17, 15) is 14.4 Å². The van der Waals surface area contributed by atoms with Crippen molar-refractivity contribution < 1.29 is 28.6 Å². The number of esters is 3. The molecule has 0 amide bonds. The van der Waals surface area contributed by atoms with Gasteiger partial charge in [-0.2, -0.15) is 0 Å². The van der Waals surface area contributed by atoms with Crippen LogP contribution in [-0.2, 0) is 28.6 Å². The van der Waals surface area contributed by atoms with E-state index >= 15 is 0 Å². The molecule has 0 aromatic rings. The van der Waals surface area contributed by atoms with E-state index in [0.29, 0.717) is 19.3 Å². The number of rotatable bonds is 50. The first-order valence-corrected chi connectivity index (χ1v) is 27.4. The van der Waals surface area contributed by atoms with Crippen molar-refractivity contribution in [3.63, 3.8) is 0 Å². The van der Waals surface area contributed by atoms with Crippen LogP contribution in [0, 0.1) is 5.92 Å². The Labute approximate surface area is 380 Å². The Morgan fingerprint density at radius 3 is 0.803 bits per heavy atom. The predicted molar refractivity (Wildman–Crippen MR) is 261 cm³/mol. The Balaban J connectivity index is 4.23. The van der Waals surface area contributed by atoms with Crippen LogP contribution < -0.4 is 0 Å². The van der Waals surface area contributed by atoms with E-state index in [2.05, 4.69) is 27.7 Å². The highest BCUT2D eigenvalue weighted by molar-refractivity contribution is 5.71. The first-order valence-electron chi connectivity index (χ1n) is 27.4. The normalized spacial score (nSPS) is 12.0. The number of carbonyl (C=O) groups is 3. The van der Waals surface area contributed by atoms with Crippen LogP contribution in [0.2, 0.25) is 0 Å². The van der Waals surface area contributed by atoms with Gasteiger partial charge >= 0.3 is 17.9 Å². The van der Waals surface area contributed by atoms with Crippen molar-refractivity contribution in [1.82, 2.24) is 0 Å². The SMILES string of the molecule is CCCCCCCCCCCCCCCCCCC(=O)O[C@H](COC(=O)CCCCCCCCCCC)COC(=O)CCCCCCCCCCCCCCCCCC(C)C. The van der Waals surface area contributed by atoms with Crippen molar-refractivity contribution in [3.05, 3.63) is 0 Å². The van der Waals surface area contributed by atoms with Crippen molar-refractivity contribution in [3.8, 4) is 0 Å². The maximum atomic E-state index is 12.8. The van der Waals surface area contributed by atoms with E-state index in [1.165, 1.54) is 205 Å². The van der Waals surface area contributed by atoms with E-state index in [1.54, 1.807) is 0 Å². The maximum absolute atomic E-state index is 12.8. The lowest BCUT2D eigenvalue weighted by Crippen LogP contribution is -2.30. The number of hydrogen-bond donors (Lipinski definition) is 0. The van der Waals surface area contributed by atoms with Crippen LogP contribution in [0.1, 0.15) is 310 Å². The second kappa shape index (κ2) is 49.4. The minimum Gasteiger partial charge on any atom is -0.462 e. The number of unbranched alkanes of at least 4 members (excludes halogenated alkanes) is 37. The lowest BCUT2D eigenvalue weighted by atomic mass is 10.0. The van der Waals surface area contributed by atoms with Gasteiger partial charge in [-0.1, -0.05) is 272 Å². The highest BCUT2D eigenvalue weighted by Crippen LogP contribution is 2.17. The molecule has 0 spiro atoms. The number of carbonyl (C=O) groups excluding carboxylic acids is 3. The van der Waals surface area contributed by atoms with Crippen LogP contribution >= 0.6 is 0 Å². The highest BCUT2D eigenvalue weighted by atomic mass is 16.6. The summed E-state index contributed by atoms with van der Waals surface area (Å²) in [6.45, 7) is 9.04. The summed E-state index contributed by atoms with van der Waals surface area (Å²) in [5.41, 5.74) is 0. The zero-order valence-corrected chi connectivity index (χ0v) is 41.6. The van der Waals surface area contributed by atoms with E-state index in [0.717, 1.165) is 63.7 Å². The molecule has 6 heteroatoms. The molecule has 0 bridgehead atoms. The zero-order chi connectivity index (χ0) is 44.5. The molecule has 0 aliphatic carbocycles. The molecule has 0 aromatic carbocycles. The third-order valence-corrected chi connectivity index (χ3v) is 12.5. The molecule has 0 unspecified atom stereocenters. The fraction of sp³-hybridized carbons (Fsp3) is 0.945. The van der Waals surface area contributed by atoms with Gasteiger partial charge in [0.05, 0.1) is 0 Å². The molecule has 0 aliphatic rings. The topological polar surface area (TPSA) is 78.9 Å². The van der Waals surface area contributed by atoms with Crippen molar-refractivity contribution in [2.75, 3.05) is 13.2 Å². The minimum absolute atomic E-state index is 0.0624. The second-order valence-corrected chi connectivity index (χ2v) is 19.3. The number of ether oxygens (including phenoxy) is 3. The van der Waals surface area contributed by atoms with Crippen LogP contribution in [0.3, 0.4) is 0 Å². The molecule has 0 heterocycles. The molecule has 0 rings (SSSR count). The molecule has 0 fully saturated rings. The highest BCUT2D eigenvalue weighted by Gasteiger charge is 2.19. The fourth-order valence-electron chi connectivity index (χ4n) is 8.39. The molecule has 362 valence electrons. The van der Waals surface area contributed by atoms with Gasteiger partial charge in [-0.3, -0.25) is 14.4 Å². The summed E-state index contributed by atoms with van der Waals surface area (Å²) in [4.78, 5) is 37.9. The van der Waals surface area contributed by atoms with Crippen LogP contribution in [0.4, 0.5) is 0 Å². The molecule has 61 heavy (non-hydrogen) atoms. The average Bonchev–Trinajstić information content (AvgIpc) is 3.24. The second-order valence-electron chi connectivity index (χ2n) is 19.3. The molecule has 1 atom stereocenters. The molecule has 0 saturated heterocycles. The minimum atomic E-state index is -0.760. The summed E-state index contributed by atoms with van der Waals surface area (Å²) >= 11 is 0. The van der Waals surface area contributed by atoms with Gasteiger partial charge in [-0.25, -0.2) is 0 Å². The van der Waals surface area contributed by atoms with Gasteiger partial charge in [-0.15, -0.1) is 0 Å². The summed E-state index contributed by atoms with van der Waals surface area (Å²) in [5, 5.41) is 0. The third kappa shape index (κ3) is 49.3. The fourth-order valence-corrected chi connectivity index (χ4v) is 8.39. The quantitative estimate of drug-likeness (QED) is 0.0344. The van der Waals surface area contributed by atoms with Crippen LogP contribution in [0.15, 0.2) is 0 Å². The van der Waals surface area contributed by atoms with E-state index in [4.69, 9.17) is 14.2 Å². The molecule has 6 nitrogen and oxygen atoms in total. The Kier molecular flexibility index (Phi) is 48.1. The van der Waals surface area contributed by atoms with Gasteiger partial charge in [0, 0.05) is 19.3 Å². The Bertz CT molecular complexity index is 918. The zero-order valence-electron chi connectivity index (χ0n) is 41.6. The molecule has 0 aromatic heterocycles. The predicted octanol–water partition coefficient (Wildman–Crippen LogP) is 17.8. The first-order chi connectivity index (χ1) is 29.9. The lowest BCUT2D eigenvalue weighted by Gasteiger charge is -2.18. The summed E-state index contributed by atoms with van der Waals surface area (Å²) < 4.78 is 16.8. The molecule has 0 N–H and O–H groups in total. The van der Waals surface area contributed by atoms with Crippen LogP contribution in [-0.4, -0.2) is 37.2 Å². The summed E-state index contributed by atoms with van der Waals surface area (Å²) in [6, 6.07) is 0. The molecule has 0 aliphatic heterocycles. The van der Waals surface area contributed by atoms with Crippen molar-refractivity contribution in [2.24, 2.45) is 5.92 Å². The van der Waals surface area contributed by atoms with Crippen molar-refractivity contribution in [1.29, 1.82) is 0 Å². The Hall–Kier alpha value is -1.59. The van der Waals surface area contributed by atoms with Gasteiger partial charge in [-0.05, 0) is 25.2 Å². The van der Waals surface area contributed by atoms with Crippen molar-refractivity contribution in [2.45, 2.75) is 316 Å². The van der Waals surface area contributed by atoms with E-state index < -0.39 is 6.10 Å². The Morgan fingerprint density at radius 1 is 0.311 bits per heavy atom. The van der Waals surface area contributed by atoms with Gasteiger partial charge < -0.3 is 14.2 Å². The molecule has 0 saturated carbocycles. The first kappa shape index (κ1) is 59.4. The Morgan fingerprint density at radius 2 is 0.541 bits per heavy atom. The summed E-state index contributed by atoms with van der Waals surface area (Å²) in [5.74, 6) is 0.00682. The van der Waals surface area contributed by atoms with E-state index in [-0.39, 0.29) is 31.1 Å². The molecular weight excluding hydrogens is 757 g/mol. The average molecular weight is 863 g/mol. The number of hydrogen-bond acceptors (Lipinski definition) is 6. The monoisotopic (exact) mass is 863 g/mol. The molecular formula is C55H106O6. The standard InChI is InChI=1S/C55H106O6/c1-5-7-9-11-13-15-16-17-18-21-25-28-32-36-40-44-48-55(58)61-52(49-59-53(56)46-42-38-34-29-14-12-10-8-6-2)50-60-54(57)47-43-39-35-31-27-24-22-19-20-23-26-30-33-37-41-45-51(3)4/h51-52H,5-50H2,1-4H3/t52-/m1/s1.